The zero-order valence-corrected chi connectivity index (χ0v) is 14.6. The Kier molecular flexibility index (Phi) is 8.01. The summed E-state index contributed by atoms with van der Waals surface area (Å²) in [5.74, 6) is 1.03. The summed E-state index contributed by atoms with van der Waals surface area (Å²) in [5, 5.41) is 8.95. The third-order valence-electron chi connectivity index (χ3n) is 4.32. The quantitative estimate of drug-likeness (QED) is 0.667. The topological polar surface area (TPSA) is 56.2 Å². The van der Waals surface area contributed by atoms with Crippen molar-refractivity contribution in [1.29, 1.82) is 0 Å². The summed E-state index contributed by atoms with van der Waals surface area (Å²) in [6, 6.07) is 9.73. The van der Waals surface area contributed by atoms with E-state index in [1.54, 1.807) is 4.90 Å². The predicted molar refractivity (Wildman–Crippen MR) is 94.2 cm³/mol. The highest BCUT2D eigenvalue weighted by molar-refractivity contribution is 5.77. The molecule has 1 aromatic carbocycles. The molecule has 134 valence electrons. The third kappa shape index (κ3) is 6.47. The van der Waals surface area contributed by atoms with E-state index in [1.807, 2.05) is 37.4 Å². The van der Waals surface area contributed by atoms with Crippen molar-refractivity contribution in [2.75, 3.05) is 66.1 Å². The number of β-amino-alcohol motifs (C(OH)–C–C–N with tert-alkyl or cyclic N) is 1. The largest absolute Gasteiger partial charge is 0.494 e. The van der Waals surface area contributed by atoms with Crippen LogP contribution >= 0.6 is 0 Å². The van der Waals surface area contributed by atoms with Crippen LogP contribution in [0.4, 0.5) is 0 Å². The van der Waals surface area contributed by atoms with Gasteiger partial charge < -0.3 is 14.7 Å². The van der Waals surface area contributed by atoms with Crippen LogP contribution in [0.15, 0.2) is 30.3 Å². The molecule has 6 nitrogen and oxygen atoms in total. The molecule has 0 spiro atoms. The fourth-order valence-corrected chi connectivity index (χ4v) is 2.76. The second-order valence-corrected chi connectivity index (χ2v) is 6.17. The molecule has 1 N–H and O–H groups in total. The SMILES string of the molecule is CN(CCCOc1ccccc1)C(=O)CN1CCN(CCO)CC1. The van der Waals surface area contributed by atoms with Crippen molar-refractivity contribution < 1.29 is 14.6 Å². The van der Waals surface area contributed by atoms with E-state index in [2.05, 4.69) is 9.80 Å². The first kappa shape index (κ1) is 18.7. The molecule has 0 aromatic heterocycles. The van der Waals surface area contributed by atoms with Gasteiger partial charge in [-0.1, -0.05) is 18.2 Å². The number of carbonyl (C=O) groups excluding carboxylic acids is 1. The van der Waals surface area contributed by atoms with Gasteiger partial charge >= 0.3 is 0 Å². The van der Waals surface area contributed by atoms with Crippen LogP contribution in [0, 0.1) is 0 Å². The van der Waals surface area contributed by atoms with Crippen molar-refractivity contribution in [2.24, 2.45) is 0 Å². The van der Waals surface area contributed by atoms with Gasteiger partial charge in [-0.3, -0.25) is 14.6 Å². The summed E-state index contributed by atoms with van der Waals surface area (Å²) < 4.78 is 5.65. The van der Waals surface area contributed by atoms with Crippen LogP contribution in [0.5, 0.6) is 5.75 Å². The second kappa shape index (κ2) is 10.3. The number of carbonyl (C=O) groups is 1. The van der Waals surface area contributed by atoms with Crippen molar-refractivity contribution >= 4 is 5.91 Å². The van der Waals surface area contributed by atoms with E-state index in [1.165, 1.54) is 0 Å². The van der Waals surface area contributed by atoms with Crippen molar-refractivity contribution in [3.05, 3.63) is 30.3 Å². The lowest BCUT2D eigenvalue weighted by Crippen LogP contribution is -2.50. The monoisotopic (exact) mass is 335 g/mol. The van der Waals surface area contributed by atoms with Gasteiger partial charge in [-0.15, -0.1) is 0 Å². The maximum absolute atomic E-state index is 12.3. The number of aliphatic hydroxyl groups excluding tert-OH is 1. The molecule has 0 unspecified atom stereocenters. The zero-order chi connectivity index (χ0) is 17.2. The molecule has 0 saturated carbocycles. The Hall–Kier alpha value is -1.63. The Labute approximate surface area is 144 Å². The first-order valence-electron chi connectivity index (χ1n) is 8.66. The summed E-state index contributed by atoms with van der Waals surface area (Å²) in [7, 11) is 1.85. The molecule has 1 amide bonds. The fraction of sp³-hybridized carbons (Fsp3) is 0.611. The van der Waals surface area contributed by atoms with E-state index < -0.39 is 0 Å². The number of hydrogen-bond donors (Lipinski definition) is 1. The molecular weight excluding hydrogens is 306 g/mol. The molecule has 1 heterocycles. The fourth-order valence-electron chi connectivity index (χ4n) is 2.76. The number of benzene rings is 1. The molecule has 0 radical (unpaired) electrons. The Balaban J connectivity index is 1.58. The molecule has 0 aliphatic carbocycles. The van der Waals surface area contributed by atoms with Crippen molar-refractivity contribution in [3.63, 3.8) is 0 Å². The first-order valence-corrected chi connectivity index (χ1v) is 8.66. The van der Waals surface area contributed by atoms with E-state index in [0.717, 1.165) is 44.9 Å². The van der Waals surface area contributed by atoms with Crippen molar-refractivity contribution in [3.8, 4) is 5.75 Å². The molecule has 1 aliphatic heterocycles. The molecule has 1 aliphatic rings. The van der Waals surface area contributed by atoms with Gasteiger partial charge in [-0.2, -0.15) is 0 Å². The van der Waals surface area contributed by atoms with Gasteiger partial charge in [0.2, 0.25) is 5.91 Å². The van der Waals surface area contributed by atoms with Gasteiger partial charge in [0.25, 0.3) is 0 Å². The standard InChI is InChI=1S/C18H29N3O3/c1-19(8-5-15-24-17-6-3-2-4-7-17)18(23)16-21-11-9-20(10-12-21)13-14-22/h2-4,6-7,22H,5,8-16H2,1H3. The van der Waals surface area contributed by atoms with Gasteiger partial charge in [-0.25, -0.2) is 0 Å². The number of rotatable bonds is 9. The van der Waals surface area contributed by atoms with Crippen LogP contribution < -0.4 is 4.74 Å². The van der Waals surface area contributed by atoms with E-state index in [-0.39, 0.29) is 12.5 Å². The highest BCUT2D eigenvalue weighted by Gasteiger charge is 2.19. The maximum atomic E-state index is 12.3. The number of ether oxygens (including phenoxy) is 1. The Morgan fingerprint density at radius 3 is 2.50 bits per heavy atom. The van der Waals surface area contributed by atoms with Gasteiger partial charge in [0.1, 0.15) is 5.75 Å². The molecule has 2 rings (SSSR count). The number of para-hydroxylation sites is 1. The summed E-state index contributed by atoms with van der Waals surface area (Å²) in [6.07, 6.45) is 0.821. The van der Waals surface area contributed by atoms with Crippen LogP contribution in [0.1, 0.15) is 6.42 Å². The zero-order valence-electron chi connectivity index (χ0n) is 14.6. The Morgan fingerprint density at radius 2 is 1.83 bits per heavy atom. The van der Waals surface area contributed by atoms with Crippen LogP contribution in [-0.2, 0) is 4.79 Å². The maximum Gasteiger partial charge on any atom is 0.236 e. The second-order valence-electron chi connectivity index (χ2n) is 6.17. The van der Waals surface area contributed by atoms with E-state index in [4.69, 9.17) is 9.84 Å². The summed E-state index contributed by atoms with van der Waals surface area (Å²) in [4.78, 5) is 18.5. The number of aliphatic hydroxyl groups is 1. The summed E-state index contributed by atoms with van der Waals surface area (Å²) >= 11 is 0. The summed E-state index contributed by atoms with van der Waals surface area (Å²) in [6.45, 7) is 6.33. The number of hydrogen-bond acceptors (Lipinski definition) is 5. The minimum atomic E-state index is 0.158. The lowest BCUT2D eigenvalue weighted by Gasteiger charge is -2.34. The van der Waals surface area contributed by atoms with Crippen molar-refractivity contribution in [1.82, 2.24) is 14.7 Å². The van der Waals surface area contributed by atoms with Crippen LogP contribution in [0.2, 0.25) is 0 Å². The lowest BCUT2D eigenvalue weighted by atomic mass is 10.3. The molecule has 1 fully saturated rings. The third-order valence-corrected chi connectivity index (χ3v) is 4.32. The van der Waals surface area contributed by atoms with Crippen LogP contribution in [0.25, 0.3) is 0 Å². The highest BCUT2D eigenvalue weighted by atomic mass is 16.5. The lowest BCUT2D eigenvalue weighted by molar-refractivity contribution is -0.131. The smallest absolute Gasteiger partial charge is 0.236 e. The molecular formula is C18H29N3O3. The van der Waals surface area contributed by atoms with Gasteiger partial charge in [0, 0.05) is 46.3 Å². The van der Waals surface area contributed by atoms with E-state index in [0.29, 0.717) is 19.7 Å². The first-order chi connectivity index (χ1) is 11.7. The minimum Gasteiger partial charge on any atom is -0.494 e. The number of amides is 1. The minimum absolute atomic E-state index is 0.158. The van der Waals surface area contributed by atoms with Crippen LogP contribution in [-0.4, -0.2) is 91.8 Å². The predicted octanol–water partition coefficient (Wildman–Crippen LogP) is 0.524. The molecule has 0 atom stereocenters. The molecule has 0 bridgehead atoms. The normalized spacial score (nSPS) is 16.1. The van der Waals surface area contributed by atoms with Gasteiger partial charge in [-0.05, 0) is 18.6 Å². The van der Waals surface area contributed by atoms with E-state index in [9.17, 15) is 4.79 Å². The van der Waals surface area contributed by atoms with Gasteiger partial charge in [0.15, 0.2) is 0 Å². The van der Waals surface area contributed by atoms with E-state index >= 15 is 0 Å². The average Bonchev–Trinajstić information content (AvgIpc) is 2.61. The number of likely N-dealkylation sites (N-methyl/N-ethyl adjacent to an activating group) is 1. The van der Waals surface area contributed by atoms with Crippen molar-refractivity contribution in [2.45, 2.75) is 6.42 Å². The number of nitrogens with zero attached hydrogens (tertiary/aromatic N) is 3. The molecule has 6 heteroatoms. The van der Waals surface area contributed by atoms with Crippen LogP contribution in [0.3, 0.4) is 0 Å². The Morgan fingerprint density at radius 1 is 1.17 bits per heavy atom. The highest BCUT2D eigenvalue weighted by Crippen LogP contribution is 2.08. The molecule has 24 heavy (non-hydrogen) atoms. The molecule has 1 saturated heterocycles. The van der Waals surface area contributed by atoms with Gasteiger partial charge in [0.05, 0.1) is 19.8 Å². The Bertz CT molecular complexity index is 476. The summed E-state index contributed by atoms with van der Waals surface area (Å²) in [5.41, 5.74) is 0. The average molecular weight is 335 g/mol. The number of piperazine rings is 1. The molecule has 1 aromatic rings.